The van der Waals surface area contributed by atoms with Crippen LogP contribution in [0.15, 0.2) is 66.0 Å². The Bertz CT molecular complexity index is 1130. The normalized spacial score (nSPS) is 22.8. The molecule has 0 aliphatic carbocycles. The molecule has 5 rings (SSSR count). The van der Waals surface area contributed by atoms with Gasteiger partial charge in [-0.3, -0.25) is 9.88 Å². The van der Waals surface area contributed by atoms with Crippen molar-refractivity contribution in [1.82, 2.24) is 14.9 Å². The average molecular weight is 395 g/mol. The number of benzene rings is 1. The van der Waals surface area contributed by atoms with Crippen LogP contribution in [-0.4, -0.2) is 41.6 Å². The molecule has 2 atom stereocenters. The molecule has 5 nitrogen and oxygen atoms in total. The number of likely N-dealkylation sites (tertiary alicyclic amines) is 1. The third-order valence-electron chi connectivity index (χ3n) is 5.67. The van der Waals surface area contributed by atoms with Crippen molar-refractivity contribution in [1.29, 1.82) is 0 Å². The van der Waals surface area contributed by atoms with E-state index < -0.39 is 21.0 Å². The van der Waals surface area contributed by atoms with Gasteiger partial charge in [0.15, 0.2) is 9.84 Å². The first-order valence-corrected chi connectivity index (χ1v) is 10.7. The lowest BCUT2D eigenvalue weighted by Crippen LogP contribution is -2.25. The molecule has 1 saturated heterocycles. The van der Waals surface area contributed by atoms with Gasteiger partial charge in [0.1, 0.15) is 0 Å². The molecule has 28 heavy (non-hydrogen) atoms. The third kappa shape index (κ3) is 2.82. The molecule has 4 heterocycles. The third-order valence-corrected chi connectivity index (χ3v) is 7.93. The lowest BCUT2D eigenvalue weighted by Gasteiger charge is -2.17. The Morgan fingerprint density at radius 2 is 1.82 bits per heavy atom. The SMILES string of the molecule is O=S1(=O)c2ccc(-c3ccc(F)nc3)cc2[C@@H]2CN(Cc3ccncc3)C[C@H]21. The second-order valence-corrected chi connectivity index (χ2v) is 9.50. The van der Waals surface area contributed by atoms with Gasteiger partial charge in [-0.1, -0.05) is 6.07 Å². The number of nitrogens with zero attached hydrogens (tertiary/aromatic N) is 3. The molecule has 1 aromatic carbocycles. The van der Waals surface area contributed by atoms with Crippen molar-refractivity contribution in [2.45, 2.75) is 22.6 Å². The number of pyridine rings is 2. The van der Waals surface area contributed by atoms with Gasteiger partial charge in [0.05, 0.1) is 10.1 Å². The lowest BCUT2D eigenvalue weighted by atomic mass is 9.95. The maximum Gasteiger partial charge on any atom is 0.212 e. The highest BCUT2D eigenvalue weighted by atomic mass is 32.2. The van der Waals surface area contributed by atoms with E-state index in [1.165, 1.54) is 12.3 Å². The van der Waals surface area contributed by atoms with Gasteiger partial charge in [-0.2, -0.15) is 4.39 Å². The largest absolute Gasteiger partial charge is 0.297 e. The number of halogens is 1. The maximum absolute atomic E-state index is 13.1. The fourth-order valence-corrected chi connectivity index (χ4v) is 6.52. The number of sulfone groups is 1. The molecule has 0 bridgehead atoms. The van der Waals surface area contributed by atoms with Crippen LogP contribution in [0.1, 0.15) is 17.0 Å². The van der Waals surface area contributed by atoms with Gasteiger partial charge in [-0.15, -0.1) is 0 Å². The highest BCUT2D eigenvalue weighted by molar-refractivity contribution is 7.92. The van der Waals surface area contributed by atoms with Crippen LogP contribution >= 0.6 is 0 Å². The van der Waals surface area contributed by atoms with Gasteiger partial charge in [-0.05, 0) is 53.1 Å². The lowest BCUT2D eigenvalue weighted by molar-refractivity contribution is 0.325. The first-order valence-electron chi connectivity index (χ1n) is 9.13. The van der Waals surface area contributed by atoms with Crippen LogP contribution in [0.5, 0.6) is 0 Å². The van der Waals surface area contributed by atoms with Crippen molar-refractivity contribution in [2.75, 3.05) is 13.1 Å². The molecule has 0 spiro atoms. The summed E-state index contributed by atoms with van der Waals surface area (Å²) in [6.45, 7) is 1.93. The number of hydrogen-bond donors (Lipinski definition) is 0. The van der Waals surface area contributed by atoms with E-state index in [1.807, 2.05) is 18.2 Å². The van der Waals surface area contributed by atoms with Crippen molar-refractivity contribution in [3.63, 3.8) is 0 Å². The molecular formula is C21H18FN3O2S. The Kier molecular flexibility index (Phi) is 4.03. The van der Waals surface area contributed by atoms with Crippen molar-refractivity contribution in [2.24, 2.45) is 0 Å². The van der Waals surface area contributed by atoms with E-state index in [4.69, 9.17) is 0 Å². The minimum absolute atomic E-state index is 0.0461. The Morgan fingerprint density at radius 3 is 2.57 bits per heavy atom. The van der Waals surface area contributed by atoms with Crippen LogP contribution in [0, 0.1) is 5.95 Å². The first-order chi connectivity index (χ1) is 13.5. The molecule has 0 amide bonds. The minimum atomic E-state index is -3.34. The van der Waals surface area contributed by atoms with Crippen molar-refractivity contribution in [3.05, 3.63) is 78.1 Å². The second-order valence-electron chi connectivity index (χ2n) is 7.36. The number of hydrogen-bond acceptors (Lipinski definition) is 5. The molecular weight excluding hydrogens is 377 g/mol. The number of fused-ring (bicyclic) bond motifs is 3. The van der Waals surface area contributed by atoms with Gasteiger partial charge < -0.3 is 0 Å². The molecule has 142 valence electrons. The minimum Gasteiger partial charge on any atom is -0.297 e. The van der Waals surface area contributed by atoms with Crippen molar-refractivity contribution in [3.8, 4) is 11.1 Å². The predicted octanol–water partition coefficient (Wildman–Crippen LogP) is 3.04. The van der Waals surface area contributed by atoms with Crippen molar-refractivity contribution >= 4 is 9.84 Å². The average Bonchev–Trinajstić information content (AvgIpc) is 3.21. The fourth-order valence-electron chi connectivity index (χ4n) is 4.33. The Balaban J connectivity index is 1.48. The van der Waals surface area contributed by atoms with E-state index in [9.17, 15) is 12.8 Å². The summed E-state index contributed by atoms with van der Waals surface area (Å²) in [6, 6.07) is 12.3. The summed E-state index contributed by atoms with van der Waals surface area (Å²) in [5.74, 6) is -0.578. The number of aromatic nitrogens is 2. The quantitative estimate of drug-likeness (QED) is 0.638. The summed E-state index contributed by atoms with van der Waals surface area (Å²) in [5.41, 5.74) is 3.62. The van der Waals surface area contributed by atoms with Crippen LogP contribution in [0.3, 0.4) is 0 Å². The zero-order chi connectivity index (χ0) is 19.3. The van der Waals surface area contributed by atoms with E-state index in [1.54, 1.807) is 30.6 Å². The van der Waals surface area contributed by atoms with Crippen LogP contribution < -0.4 is 0 Å². The van der Waals surface area contributed by atoms with E-state index in [0.717, 1.165) is 22.3 Å². The number of rotatable bonds is 3. The zero-order valence-electron chi connectivity index (χ0n) is 15.0. The molecule has 0 saturated carbocycles. The molecule has 2 aromatic heterocycles. The Labute approximate surface area is 162 Å². The van der Waals surface area contributed by atoms with Crippen molar-refractivity contribution < 1.29 is 12.8 Å². The molecule has 0 unspecified atom stereocenters. The molecule has 0 N–H and O–H groups in total. The Morgan fingerprint density at radius 1 is 1.04 bits per heavy atom. The van der Waals surface area contributed by atoms with Gasteiger partial charge in [0.2, 0.25) is 5.95 Å². The summed E-state index contributed by atoms with van der Waals surface area (Å²) >= 11 is 0. The molecule has 2 aliphatic heterocycles. The monoisotopic (exact) mass is 395 g/mol. The van der Waals surface area contributed by atoms with Crippen LogP contribution in [0.25, 0.3) is 11.1 Å². The topological polar surface area (TPSA) is 63.2 Å². The Hall–Kier alpha value is -2.64. The molecule has 1 fully saturated rings. The molecule has 0 radical (unpaired) electrons. The summed E-state index contributed by atoms with van der Waals surface area (Å²) in [4.78, 5) is 10.4. The van der Waals surface area contributed by atoms with E-state index in [-0.39, 0.29) is 5.92 Å². The summed E-state index contributed by atoms with van der Waals surface area (Å²) in [6.07, 6.45) is 4.98. The first kappa shape index (κ1) is 17.5. The van der Waals surface area contributed by atoms with E-state index in [0.29, 0.717) is 24.5 Å². The fraction of sp³-hybridized carbons (Fsp3) is 0.238. The summed E-state index contributed by atoms with van der Waals surface area (Å²) in [5, 5.41) is -0.411. The highest BCUT2D eigenvalue weighted by Crippen LogP contribution is 2.46. The smallest absolute Gasteiger partial charge is 0.212 e. The van der Waals surface area contributed by atoms with Crippen LogP contribution in [0.2, 0.25) is 0 Å². The van der Waals surface area contributed by atoms with Gasteiger partial charge >= 0.3 is 0 Å². The standard InChI is InChI=1S/C21H18FN3O2S/c22-21-4-2-16(10-24-21)15-1-3-19-17(9-15)18-12-25(13-20(18)28(19,26)27)11-14-5-7-23-8-6-14/h1-10,18,20H,11-13H2/t18-,20+/m0/s1. The summed E-state index contributed by atoms with van der Waals surface area (Å²) < 4.78 is 39.2. The van der Waals surface area contributed by atoms with E-state index in [2.05, 4.69) is 14.9 Å². The van der Waals surface area contributed by atoms with Crippen LogP contribution in [0.4, 0.5) is 4.39 Å². The van der Waals surface area contributed by atoms with Gasteiger partial charge in [-0.25, -0.2) is 13.4 Å². The second kappa shape index (κ2) is 6.46. The maximum atomic E-state index is 13.1. The molecule has 3 aromatic rings. The molecule has 7 heteroatoms. The summed E-state index contributed by atoms with van der Waals surface area (Å²) in [7, 11) is -3.34. The highest BCUT2D eigenvalue weighted by Gasteiger charge is 2.50. The van der Waals surface area contributed by atoms with E-state index >= 15 is 0 Å². The zero-order valence-corrected chi connectivity index (χ0v) is 15.8. The van der Waals surface area contributed by atoms with Gasteiger partial charge in [0.25, 0.3) is 0 Å². The van der Waals surface area contributed by atoms with Gasteiger partial charge in [0, 0.05) is 49.7 Å². The van der Waals surface area contributed by atoms with Crippen LogP contribution in [-0.2, 0) is 16.4 Å². The predicted molar refractivity (Wildman–Crippen MR) is 103 cm³/mol. The molecule has 2 aliphatic rings.